The van der Waals surface area contributed by atoms with Crippen LogP contribution in [0.1, 0.15) is 66.2 Å². The molecule has 0 aromatic carbocycles. The van der Waals surface area contributed by atoms with E-state index in [1.165, 1.54) is 44.1 Å². The van der Waals surface area contributed by atoms with Gasteiger partial charge in [0.15, 0.2) is 0 Å². The van der Waals surface area contributed by atoms with E-state index >= 15 is 0 Å². The molecule has 0 aromatic rings. The highest BCUT2D eigenvalue weighted by atomic mass is 16.3. The van der Waals surface area contributed by atoms with Gasteiger partial charge in [-0.2, -0.15) is 0 Å². The van der Waals surface area contributed by atoms with Crippen molar-refractivity contribution in [3.05, 3.63) is 11.1 Å². The highest BCUT2D eigenvalue weighted by Crippen LogP contribution is 2.55. The second-order valence-corrected chi connectivity index (χ2v) is 7.16. The van der Waals surface area contributed by atoms with E-state index in [9.17, 15) is 5.11 Å². The predicted octanol–water partition coefficient (Wildman–Crippen LogP) is 4.56. The molecule has 2 rings (SSSR count). The molecule has 0 radical (unpaired) electrons. The van der Waals surface area contributed by atoms with Crippen LogP contribution in [0.3, 0.4) is 0 Å². The van der Waals surface area contributed by atoms with Crippen molar-refractivity contribution in [2.75, 3.05) is 6.61 Å². The second kappa shape index (κ2) is 5.36. The number of hydrogen-bond donors (Lipinski definition) is 1. The summed E-state index contributed by atoms with van der Waals surface area (Å²) in [6.07, 6.45) is 8.05. The maximum atomic E-state index is 9.35. The molecule has 2 aliphatic rings. The zero-order chi connectivity index (χ0) is 13.3. The van der Waals surface area contributed by atoms with Crippen LogP contribution in [0.4, 0.5) is 0 Å². The van der Waals surface area contributed by atoms with E-state index in [4.69, 9.17) is 0 Å². The fourth-order valence-electron chi connectivity index (χ4n) is 4.63. The third-order valence-corrected chi connectivity index (χ3v) is 6.08. The Labute approximate surface area is 113 Å². The molecule has 3 atom stereocenters. The minimum absolute atomic E-state index is 0.254. The number of rotatable bonds is 2. The smallest absolute Gasteiger partial charge is 0.0641 e. The highest BCUT2D eigenvalue weighted by molar-refractivity contribution is 5.17. The summed E-state index contributed by atoms with van der Waals surface area (Å²) in [5, 5.41) is 9.35. The molecule has 1 nitrogen and oxygen atoms in total. The Morgan fingerprint density at radius 1 is 1.28 bits per heavy atom. The van der Waals surface area contributed by atoms with Gasteiger partial charge in [0.2, 0.25) is 0 Å². The fraction of sp³-hybridized carbons (Fsp3) is 0.882. The van der Waals surface area contributed by atoms with Gasteiger partial charge < -0.3 is 5.11 Å². The lowest BCUT2D eigenvalue weighted by Gasteiger charge is -2.52. The minimum atomic E-state index is 0.254. The summed E-state index contributed by atoms with van der Waals surface area (Å²) in [7, 11) is 0. The van der Waals surface area contributed by atoms with Crippen LogP contribution in [0.25, 0.3) is 0 Å². The molecule has 1 N–H and O–H groups in total. The molecular formula is C17H30O. The van der Waals surface area contributed by atoms with E-state index in [1.807, 2.05) is 0 Å². The number of allylic oxidation sites excluding steroid dienone is 1. The molecule has 104 valence electrons. The van der Waals surface area contributed by atoms with Gasteiger partial charge in [0, 0.05) is 0 Å². The average molecular weight is 250 g/mol. The van der Waals surface area contributed by atoms with Crippen LogP contribution in [0.2, 0.25) is 0 Å². The first-order chi connectivity index (χ1) is 8.50. The summed E-state index contributed by atoms with van der Waals surface area (Å²) in [5.74, 6) is 2.69. The molecule has 0 heterocycles. The van der Waals surface area contributed by atoms with E-state index in [1.54, 1.807) is 5.57 Å². The normalized spacial score (nSPS) is 38.2. The maximum Gasteiger partial charge on any atom is 0.0641 e. The minimum Gasteiger partial charge on any atom is -0.392 e. The fourth-order valence-corrected chi connectivity index (χ4v) is 4.63. The van der Waals surface area contributed by atoms with Crippen LogP contribution >= 0.6 is 0 Å². The monoisotopic (exact) mass is 250 g/mol. The predicted molar refractivity (Wildman–Crippen MR) is 77.4 cm³/mol. The lowest BCUT2D eigenvalue weighted by atomic mass is 9.53. The topological polar surface area (TPSA) is 20.2 Å². The molecule has 0 saturated heterocycles. The van der Waals surface area contributed by atoms with Crippen LogP contribution < -0.4 is 0 Å². The van der Waals surface area contributed by atoms with Gasteiger partial charge >= 0.3 is 0 Å². The Bertz CT molecular complexity index is 327. The van der Waals surface area contributed by atoms with Crippen LogP contribution in [0, 0.1) is 23.2 Å². The lowest BCUT2D eigenvalue weighted by Crippen LogP contribution is -2.43. The van der Waals surface area contributed by atoms with Gasteiger partial charge in [-0.25, -0.2) is 0 Å². The first kappa shape index (κ1) is 14.1. The molecule has 1 heteroatoms. The van der Waals surface area contributed by atoms with Crippen LogP contribution in [-0.4, -0.2) is 11.7 Å². The summed E-state index contributed by atoms with van der Waals surface area (Å²) >= 11 is 0. The molecule has 0 aromatic heterocycles. The SMILES string of the molecule is CC[C@H]1CC[C@H]2CC/C(=C(/C)CO)C[C@@H]2C1(C)C. The van der Waals surface area contributed by atoms with E-state index in [0.29, 0.717) is 5.41 Å². The molecule has 0 amide bonds. The van der Waals surface area contributed by atoms with Gasteiger partial charge in [0.05, 0.1) is 6.61 Å². The Hall–Kier alpha value is -0.300. The van der Waals surface area contributed by atoms with Gasteiger partial charge in [-0.15, -0.1) is 0 Å². The number of hydrogen-bond acceptors (Lipinski definition) is 1. The van der Waals surface area contributed by atoms with Crippen molar-refractivity contribution in [3.8, 4) is 0 Å². The summed E-state index contributed by atoms with van der Waals surface area (Å²) in [6.45, 7) is 9.71. The Kier molecular flexibility index (Phi) is 4.21. The number of fused-ring (bicyclic) bond motifs is 1. The molecule has 0 unspecified atom stereocenters. The quantitative estimate of drug-likeness (QED) is 0.712. The van der Waals surface area contributed by atoms with Crippen molar-refractivity contribution in [2.45, 2.75) is 66.2 Å². The van der Waals surface area contributed by atoms with Gasteiger partial charge in [-0.05, 0) is 67.8 Å². The zero-order valence-electron chi connectivity index (χ0n) is 12.6. The Morgan fingerprint density at radius 2 is 2.00 bits per heavy atom. The van der Waals surface area contributed by atoms with Crippen molar-refractivity contribution in [3.63, 3.8) is 0 Å². The third-order valence-electron chi connectivity index (χ3n) is 6.08. The summed E-state index contributed by atoms with van der Waals surface area (Å²) in [6, 6.07) is 0. The molecule has 2 fully saturated rings. The molecule has 0 bridgehead atoms. The van der Waals surface area contributed by atoms with Crippen LogP contribution in [0.5, 0.6) is 0 Å². The summed E-state index contributed by atoms with van der Waals surface area (Å²) < 4.78 is 0. The third kappa shape index (κ3) is 2.39. The number of aliphatic hydroxyl groups excluding tert-OH is 1. The van der Waals surface area contributed by atoms with Crippen molar-refractivity contribution >= 4 is 0 Å². The molecule has 18 heavy (non-hydrogen) atoms. The van der Waals surface area contributed by atoms with E-state index < -0.39 is 0 Å². The Morgan fingerprint density at radius 3 is 2.61 bits per heavy atom. The Balaban J connectivity index is 2.20. The summed E-state index contributed by atoms with van der Waals surface area (Å²) in [5.41, 5.74) is 3.28. The maximum absolute atomic E-state index is 9.35. The van der Waals surface area contributed by atoms with Gasteiger partial charge in [-0.1, -0.05) is 32.8 Å². The summed E-state index contributed by atoms with van der Waals surface area (Å²) in [4.78, 5) is 0. The highest BCUT2D eigenvalue weighted by Gasteiger charge is 2.45. The van der Waals surface area contributed by atoms with Crippen molar-refractivity contribution in [2.24, 2.45) is 23.2 Å². The zero-order valence-corrected chi connectivity index (χ0v) is 12.6. The molecule has 2 aliphatic carbocycles. The number of aliphatic hydroxyl groups is 1. The lowest BCUT2D eigenvalue weighted by molar-refractivity contribution is -0.00318. The molecular weight excluding hydrogens is 220 g/mol. The van der Waals surface area contributed by atoms with Gasteiger partial charge in [0.25, 0.3) is 0 Å². The average Bonchev–Trinajstić information content (AvgIpc) is 2.37. The molecule has 0 aliphatic heterocycles. The van der Waals surface area contributed by atoms with E-state index in [-0.39, 0.29) is 6.61 Å². The molecule has 0 spiro atoms. The van der Waals surface area contributed by atoms with Crippen molar-refractivity contribution in [1.82, 2.24) is 0 Å². The van der Waals surface area contributed by atoms with Gasteiger partial charge in [-0.3, -0.25) is 0 Å². The van der Waals surface area contributed by atoms with E-state index in [2.05, 4.69) is 27.7 Å². The van der Waals surface area contributed by atoms with Gasteiger partial charge in [0.1, 0.15) is 0 Å². The standard InChI is InChI=1S/C17H30O/c1-5-15-9-8-13-6-7-14(12(2)11-18)10-16(13)17(15,3)4/h13,15-16,18H,5-11H2,1-4H3/b14-12+/t13-,15+,16+/m1/s1. The van der Waals surface area contributed by atoms with Crippen LogP contribution in [0.15, 0.2) is 11.1 Å². The second-order valence-electron chi connectivity index (χ2n) is 7.16. The van der Waals surface area contributed by atoms with Crippen LogP contribution in [-0.2, 0) is 0 Å². The first-order valence-corrected chi connectivity index (χ1v) is 7.79. The van der Waals surface area contributed by atoms with E-state index in [0.717, 1.165) is 17.8 Å². The molecule has 2 saturated carbocycles. The largest absolute Gasteiger partial charge is 0.392 e. The first-order valence-electron chi connectivity index (χ1n) is 7.79. The van der Waals surface area contributed by atoms with Crippen molar-refractivity contribution in [1.29, 1.82) is 0 Å². The van der Waals surface area contributed by atoms with Crippen molar-refractivity contribution < 1.29 is 5.11 Å².